The number of hydrogen-bond acceptors (Lipinski definition) is 2. The molecule has 0 saturated carbocycles. The van der Waals surface area contributed by atoms with E-state index < -0.39 is 0 Å². The number of aromatic amines is 1. The molecule has 1 N–H and O–H groups in total. The zero-order valence-electron chi connectivity index (χ0n) is 11.2. The maximum absolute atomic E-state index is 12.3. The second-order valence-corrected chi connectivity index (χ2v) is 4.56. The van der Waals surface area contributed by atoms with Gasteiger partial charge in [-0.25, -0.2) is 4.79 Å². The lowest BCUT2D eigenvalue weighted by Gasteiger charge is -2.32. The highest BCUT2D eigenvalue weighted by atomic mass is 16.6. The fourth-order valence-corrected chi connectivity index (χ4v) is 2.45. The van der Waals surface area contributed by atoms with Gasteiger partial charge in [0.25, 0.3) is 0 Å². The summed E-state index contributed by atoms with van der Waals surface area (Å²) in [7, 11) is 0. The van der Waals surface area contributed by atoms with Crippen molar-refractivity contribution in [2.45, 2.75) is 13.0 Å². The summed E-state index contributed by atoms with van der Waals surface area (Å²) in [6.07, 6.45) is 5.57. The number of anilines is 1. The van der Waals surface area contributed by atoms with Gasteiger partial charge in [-0.15, -0.1) is 0 Å². The summed E-state index contributed by atoms with van der Waals surface area (Å²) in [4.78, 5) is 17.2. The Bertz CT molecular complexity index is 632. The molecule has 1 aromatic carbocycles. The molecule has 4 nitrogen and oxygen atoms in total. The first-order valence-corrected chi connectivity index (χ1v) is 6.67. The lowest BCUT2D eigenvalue weighted by atomic mass is 10.0. The SMILES string of the molecule is CCOC(=O)N1c2ccccc2C=CC1c1ccc[nH]1. The van der Waals surface area contributed by atoms with Crippen LogP contribution in [0.25, 0.3) is 6.08 Å². The van der Waals surface area contributed by atoms with Gasteiger partial charge >= 0.3 is 6.09 Å². The molecule has 0 saturated heterocycles. The van der Waals surface area contributed by atoms with E-state index >= 15 is 0 Å². The van der Waals surface area contributed by atoms with Crippen molar-refractivity contribution >= 4 is 17.9 Å². The van der Waals surface area contributed by atoms with Crippen LogP contribution in [-0.4, -0.2) is 17.7 Å². The van der Waals surface area contributed by atoms with Gasteiger partial charge in [-0.1, -0.05) is 30.4 Å². The van der Waals surface area contributed by atoms with Crippen LogP contribution in [0.3, 0.4) is 0 Å². The molecule has 0 aliphatic carbocycles. The molecule has 2 aromatic rings. The number of amides is 1. The van der Waals surface area contributed by atoms with E-state index in [1.165, 1.54) is 0 Å². The smallest absolute Gasteiger partial charge is 0.415 e. The number of nitrogens with one attached hydrogen (secondary N) is 1. The largest absolute Gasteiger partial charge is 0.449 e. The molecule has 102 valence electrons. The number of rotatable bonds is 2. The van der Waals surface area contributed by atoms with Gasteiger partial charge in [-0.05, 0) is 30.7 Å². The Morgan fingerprint density at radius 1 is 1.30 bits per heavy atom. The van der Waals surface area contributed by atoms with E-state index in [4.69, 9.17) is 4.74 Å². The molecule has 1 atom stereocenters. The molecule has 1 aliphatic rings. The lowest BCUT2D eigenvalue weighted by molar-refractivity contribution is 0.158. The summed E-state index contributed by atoms with van der Waals surface area (Å²) in [5.41, 5.74) is 2.85. The number of carbonyl (C=O) groups excluding carboxylic acids is 1. The molecule has 2 heterocycles. The van der Waals surface area contributed by atoms with Crippen LogP contribution in [0.15, 0.2) is 48.7 Å². The summed E-state index contributed by atoms with van der Waals surface area (Å²) in [5, 5.41) is 0. The van der Waals surface area contributed by atoms with Gasteiger partial charge in [-0.3, -0.25) is 4.90 Å². The molecule has 1 amide bonds. The molecule has 1 aliphatic heterocycles. The predicted molar refractivity (Wildman–Crippen MR) is 78.5 cm³/mol. The highest BCUT2D eigenvalue weighted by Crippen LogP contribution is 2.36. The third-order valence-corrected chi connectivity index (χ3v) is 3.34. The zero-order valence-corrected chi connectivity index (χ0v) is 11.2. The molecule has 0 bridgehead atoms. The molecular weight excluding hydrogens is 252 g/mol. The highest BCUT2D eigenvalue weighted by molar-refractivity contribution is 5.93. The molecule has 3 rings (SSSR count). The average Bonchev–Trinajstić information content (AvgIpc) is 3.00. The summed E-state index contributed by atoms with van der Waals surface area (Å²) >= 11 is 0. The Kier molecular flexibility index (Phi) is 3.29. The van der Waals surface area contributed by atoms with Crippen molar-refractivity contribution in [1.29, 1.82) is 0 Å². The van der Waals surface area contributed by atoms with E-state index in [2.05, 4.69) is 4.98 Å². The molecule has 1 aromatic heterocycles. The summed E-state index contributed by atoms with van der Waals surface area (Å²) in [6.45, 7) is 2.17. The molecular formula is C16H16N2O2. The highest BCUT2D eigenvalue weighted by Gasteiger charge is 2.30. The van der Waals surface area contributed by atoms with E-state index in [0.717, 1.165) is 16.9 Å². The van der Waals surface area contributed by atoms with Crippen molar-refractivity contribution in [1.82, 2.24) is 4.98 Å². The minimum atomic E-state index is -0.330. The Morgan fingerprint density at radius 3 is 2.90 bits per heavy atom. The first-order valence-electron chi connectivity index (χ1n) is 6.67. The molecule has 20 heavy (non-hydrogen) atoms. The number of aromatic nitrogens is 1. The van der Waals surface area contributed by atoms with Crippen molar-refractivity contribution in [3.05, 3.63) is 59.9 Å². The topological polar surface area (TPSA) is 45.3 Å². The molecule has 0 fully saturated rings. The lowest BCUT2D eigenvalue weighted by Crippen LogP contribution is -2.36. The predicted octanol–water partition coefficient (Wildman–Crippen LogP) is 3.75. The van der Waals surface area contributed by atoms with Crippen molar-refractivity contribution < 1.29 is 9.53 Å². The second kappa shape index (κ2) is 5.25. The van der Waals surface area contributed by atoms with E-state index in [-0.39, 0.29) is 12.1 Å². The summed E-state index contributed by atoms with van der Waals surface area (Å²) in [5.74, 6) is 0. The average molecular weight is 268 g/mol. The molecule has 4 heteroatoms. The van der Waals surface area contributed by atoms with E-state index in [1.807, 2.05) is 61.7 Å². The van der Waals surface area contributed by atoms with Gasteiger partial charge in [0.2, 0.25) is 0 Å². The van der Waals surface area contributed by atoms with Crippen molar-refractivity contribution in [2.24, 2.45) is 0 Å². The van der Waals surface area contributed by atoms with Crippen LogP contribution in [-0.2, 0) is 4.74 Å². The van der Waals surface area contributed by atoms with Crippen LogP contribution in [0.2, 0.25) is 0 Å². The van der Waals surface area contributed by atoms with Crippen LogP contribution in [0.4, 0.5) is 10.5 Å². The second-order valence-electron chi connectivity index (χ2n) is 4.56. The minimum Gasteiger partial charge on any atom is -0.449 e. The number of para-hydroxylation sites is 1. The summed E-state index contributed by atoms with van der Waals surface area (Å²) in [6, 6.07) is 11.5. The van der Waals surface area contributed by atoms with E-state index in [1.54, 1.807) is 4.90 Å². The maximum Gasteiger partial charge on any atom is 0.415 e. The first kappa shape index (κ1) is 12.5. The van der Waals surface area contributed by atoms with Crippen LogP contribution in [0.5, 0.6) is 0 Å². The van der Waals surface area contributed by atoms with E-state index in [9.17, 15) is 4.79 Å². The van der Waals surface area contributed by atoms with Crippen LogP contribution in [0.1, 0.15) is 24.2 Å². The summed E-state index contributed by atoms with van der Waals surface area (Å²) < 4.78 is 5.21. The quantitative estimate of drug-likeness (QED) is 0.901. The number of H-pyrrole nitrogens is 1. The van der Waals surface area contributed by atoms with Gasteiger partial charge in [-0.2, -0.15) is 0 Å². The van der Waals surface area contributed by atoms with Crippen LogP contribution >= 0.6 is 0 Å². The number of ether oxygens (including phenoxy) is 1. The monoisotopic (exact) mass is 268 g/mol. The molecule has 0 radical (unpaired) electrons. The van der Waals surface area contributed by atoms with Gasteiger partial charge in [0.05, 0.1) is 18.3 Å². The Labute approximate surface area is 117 Å². The fraction of sp³-hybridized carbons (Fsp3) is 0.188. The molecule has 1 unspecified atom stereocenters. The van der Waals surface area contributed by atoms with Crippen molar-refractivity contribution in [3.63, 3.8) is 0 Å². The zero-order chi connectivity index (χ0) is 13.9. The molecule has 0 spiro atoms. The standard InChI is InChI=1S/C16H16N2O2/c1-2-20-16(19)18-14-8-4-3-6-12(14)9-10-15(18)13-7-5-11-17-13/h3-11,15,17H,2H2,1H3. The minimum absolute atomic E-state index is 0.168. The van der Waals surface area contributed by atoms with Crippen LogP contribution in [0, 0.1) is 0 Å². The van der Waals surface area contributed by atoms with Gasteiger partial charge in [0.15, 0.2) is 0 Å². The Morgan fingerprint density at radius 2 is 2.15 bits per heavy atom. The van der Waals surface area contributed by atoms with Gasteiger partial charge < -0.3 is 9.72 Å². The Balaban J connectivity index is 2.06. The third kappa shape index (κ3) is 2.09. The number of fused-ring (bicyclic) bond motifs is 1. The number of benzene rings is 1. The van der Waals surface area contributed by atoms with E-state index in [0.29, 0.717) is 6.61 Å². The number of hydrogen-bond donors (Lipinski definition) is 1. The first-order chi connectivity index (χ1) is 9.81. The van der Waals surface area contributed by atoms with Gasteiger partial charge in [0, 0.05) is 11.9 Å². The number of carbonyl (C=O) groups is 1. The van der Waals surface area contributed by atoms with Crippen LogP contribution < -0.4 is 4.90 Å². The van der Waals surface area contributed by atoms with Crippen molar-refractivity contribution in [2.75, 3.05) is 11.5 Å². The van der Waals surface area contributed by atoms with Gasteiger partial charge in [0.1, 0.15) is 0 Å². The maximum atomic E-state index is 12.3. The van der Waals surface area contributed by atoms with Crippen molar-refractivity contribution in [3.8, 4) is 0 Å². The number of nitrogens with zero attached hydrogens (tertiary/aromatic N) is 1. The fourth-order valence-electron chi connectivity index (χ4n) is 2.45. The normalized spacial score (nSPS) is 16.9. The third-order valence-electron chi connectivity index (χ3n) is 3.34. The Hall–Kier alpha value is -2.49.